The van der Waals surface area contributed by atoms with Gasteiger partial charge in [-0.15, -0.1) is 10.2 Å². The molecule has 1 aromatic heterocycles. The van der Waals surface area contributed by atoms with Gasteiger partial charge in [0.25, 0.3) is 0 Å². The smallest absolute Gasteiger partial charge is 0.247 e. The largest absolute Gasteiger partial charge is 0.421 e. The maximum Gasteiger partial charge on any atom is 0.247 e. The fourth-order valence-corrected chi connectivity index (χ4v) is 2.10. The van der Waals surface area contributed by atoms with Gasteiger partial charge in [-0.2, -0.15) is 0 Å². The van der Waals surface area contributed by atoms with Crippen molar-refractivity contribution in [3.8, 4) is 22.6 Å². The Morgan fingerprint density at radius 2 is 1.47 bits per heavy atom. The monoisotopic (exact) mass is 250 g/mol. The van der Waals surface area contributed by atoms with Gasteiger partial charge in [0, 0.05) is 12.5 Å². The molecule has 0 aliphatic carbocycles. The van der Waals surface area contributed by atoms with E-state index in [1.165, 1.54) is 16.7 Å². The fraction of sp³-hybridized carbons (Fsp3) is 0.125. The summed E-state index contributed by atoms with van der Waals surface area (Å²) in [5.74, 6) is 1.15. The van der Waals surface area contributed by atoms with Crippen LogP contribution in [0.5, 0.6) is 0 Å². The van der Waals surface area contributed by atoms with Gasteiger partial charge in [-0.25, -0.2) is 0 Å². The lowest BCUT2D eigenvalue weighted by atomic mass is 10.00. The average molecular weight is 250 g/mol. The van der Waals surface area contributed by atoms with Crippen molar-refractivity contribution in [1.29, 1.82) is 0 Å². The summed E-state index contributed by atoms with van der Waals surface area (Å²) >= 11 is 0. The second-order valence-electron chi connectivity index (χ2n) is 4.52. The third kappa shape index (κ3) is 2.27. The summed E-state index contributed by atoms with van der Waals surface area (Å²) in [6.07, 6.45) is 0. The van der Waals surface area contributed by atoms with Crippen LogP contribution in [0.3, 0.4) is 0 Å². The van der Waals surface area contributed by atoms with Crippen molar-refractivity contribution in [3.05, 3.63) is 60.0 Å². The molecule has 0 atom stereocenters. The van der Waals surface area contributed by atoms with Gasteiger partial charge in [0.2, 0.25) is 11.8 Å². The van der Waals surface area contributed by atoms with Gasteiger partial charge in [0.1, 0.15) is 0 Å². The summed E-state index contributed by atoms with van der Waals surface area (Å²) < 4.78 is 5.42. The second-order valence-corrected chi connectivity index (χ2v) is 4.52. The fourth-order valence-electron chi connectivity index (χ4n) is 2.10. The van der Waals surface area contributed by atoms with Crippen LogP contribution in [0.2, 0.25) is 0 Å². The summed E-state index contributed by atoms with van der Waals surface area (Å²) in [7, 11) is 0. The van der Waals surface area contributed by atoms with Gasteiger partial charge in [-0.1, -0.05) is 36.4 Å². The van der Waals surface area contributed by atoms with Crippen molar-refractivity contribution in [1.82, 2.24) is 10.2 Å². The van der Waals surface area contributed by atoms with Crippen LogP contribution in [0.15, 0.2) is 52.9 Å². The van der Waals surface area contributed by atoms with E-state index in [0.29, 0.717) is 11.8 Å². The maximum atomic E-state index is 5.42. The summed E-state index contributed by atoms with van der Waals surface area (Å²) in [5, 5.41) is 7.86. The molecule has 0 aliphatic rings. The molecule has 0 aliphatic heterocycles. The molecule has 3 heteroatoms. The number of nitrogens with zero attached hydrogens (tertiary/aromatic N) is 2. The Balaban J connectivity index is 1.97. The number of benzene rings is 2. The molecule has 0 fully saturated rings. The lowest BCUT2D eigenvalue weighted by Crippen LogP contribution is -1.83. The zero-order valence-corrected chi connectivity index (χ0v) is 10.9. The van der Waals surface area contributed by atoms with Crippen LogP contribution >= 0.6 is 0 Å². The molecular formula is C16H14N2O. The minimum Gasteiger partial charge on any atom is -0.421 e. The minimum atomic E-state index is 0.564. The van der Waals surface area contributed by atoms with E-state index in [0.717, 1.165) is 5.56 Å². The van der Waals surface area contributed by atoms with E-state index >= 15 is 0 Å². The molecule has 19 heavy (non-hydrogen) atoms. The van der Waals surface area contributed by atoms with Gasteiger partial charge in [0.15, 0.2) is 0 Å². The molecule has 3 nitrogen and oxygen atoms in total. The lowest BCUT2D eigenvalue weighted by Gasteiger charge is -2.05. The highest BCUT2D eigenvalue weighted by molar-refractivity contribution is 5.69. The first-order valence-corrected chi connectivity index (χ1v) is 6.20. The quantitative estimate of drug-likeness (QED) is 0.689. The second kappa shape index (κ2) is 4.69. The number of hydrogen-bond donors (Lipinski definition) is 0. The van der Waals surface area contributed by atoms with Gasteiger partial charge in [-0.3, -0.25) is 0 Å². The first kappa shape index (κ1) is 11.7. The Bertz CT molecular complexity index is 699. The third-order valence-electron chi connectivity index (χ3n) is 3.11. The van der Waals surface area contributed by atoms with E-state index in [1.54, 1.807) is 6.92 Å². The molecule has 0 bridgehead atoms. The van der Waals surface area contributed by atoms with Crippen molar-refractivity contribution in [2.24, 2.45) is 0 Å². The van der Waals surface area contributed by atoms with Crippen molar-refractivity contribution < 1.29 is 4.42 Å². The molecular weight excluding hydrogens is 236 g/mol. The molecule has 0 amide bonds. The van der Waals surface area contributed by atoms with Crippen LogP contribution in [0.4, 0.5) is 0 Å². The normalized spacial score (nSPS) is 10.6. The number of aryl methyl sites for hydroxylation is 2. The van der Waals surface area contributed by atoms with Gasteiger partial charge in [-0.05, 0) is 35.7 Å². The molecule has 0 saturated heterocycles. The van der Waals surface area contributed by atoms with E-state index in [4.69, 9.17) is 4.42 Å². The zero-order chi connectivity index (χ0) is 13.2. The molecule has 0 N–H and O–H groups in total. The van der Waals surface area contributed by atoms with E-state index in [9.17, 15) is 0 Å². The molecule has 0 unspecified atom stereocenters. The first-order chi connectivity index (χ1) is 9.24. The van der Waals surface area contributed by atoms with Crippen LogP contribution in [0, 0.1) is 13.8 Å². The molecule has 3 rings (SSSR count). The van der Waals surface area contributed by atoms with Crippen LogP contribution in [0.1, 0.15) is 11.5 Å². The molecule has 0 spiro atoms. The average Bonchev–Trinajstić information content (AvgIpc) is 2.86. The highest BCUT2D eigenvalue weighted by Gasteiger charge is 2.06. The first-order valence-electron chi connectivity index (χ1n) is 6.20. The Morgan fingerprint density at radius 3 is 2.11 bits per heavy atom. The van der Waals surface area contributed by atoms with Gasteiger partial charge < -0.3 is 4.42 Å². The summed E-state index contributed by atoms with van der Waals surface area (Å²) in [4.78, 5) is 0. The molecule has 0 saturated carbocycles. The highest BCUT2D eigenvalue weighted by atomic mass is 16.4. The van der Waals surface area contributed by atoms with Gasteiger partial charge >= 0.3 is 0 Å². The van der Waals surface area contributed by atoms with Gasteiger partial charge in [0.05, 0.1) is 0 Å². The summed E-state index contributed by atoms with van der Waals surface area (Å²) in [5.41, 5.74) is 4.65. The van der Waals surface area contributed by atoms with Crippen LogP contribution < -0.4 is 0 Å². The Morgan fingerprint density at radius 1 is 0.789 bits per heavy atom. The van der Waals surface area contributed by atoms with E-state index < -0.39 is 0 Å². The number of aromatic nitrogens is 2. The van der Waals surface area contributed by atoms with Crippen molar-refractivity contribution >= 4 is 0 Å². The van der Waals surface area contributed by atoms with Crippen molar-refractivity contribution in [2.75, 3.05) is 0 Å². The number of rotatable bonds is 2. The Labute approximate surface area is 111 Å². The van der Waals surface area contributed by atoms with Crippen LogP contribution in [0.25, 0.3) is 22.6 Å². The zero-order valence-electron chi connectivity index (χ0n) is 10.9. The molecule has 3 aromatic rings. The van der Waals surface area contributed by atoms with E-state index in [-0.39, 0.29) is 0 Å². The standard InChI is InChI=1S/C16H14N2O/c1-11-5-3-4-6-15(11)13-7-9-14(10-8-13)16-18-17-12(2)19-16/h3-10H,1-2H3. The Hall–Kier alpha value is -2.42. The topological polar surface area (TPSA) is 38.9 Å². The molecule has 1 heterocycles. The number of hydrogen-bond acceptors (Lipinski definition) is 3. The predicted octanol–water partition coefficient (Wildman–Crippen LogP) is 4.02. The summed E-state index contributed by atoms with van der Waals surface area (Å²) in [6.45, 7) is 3.91. The SMILES string of the molecule is Cc1nnc(-c2ccc(-c3ccccc3C)cc2)o1. The van der Waals surface area contributed by atoms with Crippen molar-refractivity contribution in [3.63, 3.8) is 0 Å². The Kier molecular flexibility index (Phi) is 2.88. The maximum absolute atomic E-state index is 5.42. The predicted molar refractivity (Wildman–Crippen MR) is 74.6 cm³/mol. The third-order valence-corrected chi connectivity index (χ3v) is 3.11. The van der Waals surface area contributed by atoms with Crippen LogP contribution in [-0.4, -0.2) is 10.2 Å². The summed E-state index contributed by atoms with van der Waals surface area (Å²) in [6, 6.07) is 16.5. The van der Waals surface area contributed by atoms with Crippen LogP contribution in [-0.2, 0) is 0 Å². The van der Waals surface area contributed by atoms with E-state index in [2.05, 4.69) is 53.5 Å². The highest BCUT2D eigenvalue weighted by Crippen LogP contribution is 2.26. The van der Waals surface area contributed by atoms with Crippen molar-refractivity contribution in [2.45, 2.75) is 13.8 Å². The minimum absolute atomic E-state index is 0.564. The molecule has 0 radical (unpaired) electrons. The van der Waals surface area contributed by atoms with E-state index in [1.807, 2.05) is 12.1 Å². The molecule has 94 valence electrons. The molecule has 2 aromatic carbocycles. The lowest BCUT2D eigenvalue weighted by molar-refractivity contribution is 0.533.